The Hall–Kier alpha value is -1.19. The number of ether oxygens (including phenoxy) is 2. The van der Waals surface area contributed by atoms with E-state index < -0.39 is 0 Å². The lowest BCUT2D eigenvalue weighted by atomic mass is 9.78. The van der Waals surface area contributed by atoms with Gasteiger partial charge in [-0.2, -0.15) is 0 Å². The first-order valence-electron chi connectivity index (χ1n) is 7.51. The van der Waals surface area contributed by atoms with Crippen LogP contribution in [0, 0.1) is 12.8 Å². The molecular formula is C17H22O3. The predicted molar refractivity (Wildman–Crippen MR) is 77.0 cm³/mol. The lowest BCUT2D eigenvalue weighted by Crippen LogP contribution is -2.45. The first kappa shape index (κ1) is 13.8. The van der Waals surface area contributed by atoms with Crippen LogP contribution in [0.5, 0.6) is 0 Å². The van der Waals surface area contributed by atoms with Gasteiger partial charge in [0.15, 0.2) is 5.78 Å². The smallest absolute Gasteiger partial charge is 0.166 e. The van der Waals surface area contributed by atoms with Crippen LogP contribution in [0.25, 0.3) is 0 Å². The average molecular weight is 274 g/mol. The molecule has 0 N–H and O–H groups in total. The molecule has 2 aliphatic rings. The third-order valence-corrected chi connectivity index (χ3v) is 4.57. The van der Waals surface area contributed by atoms with E-state index in [9.17, 15) is 4.79 Å². The van der Waals surface area contributed by atoms with Crippen LogP contribution in [-0.4, -0.2) is 31.2 Å². The molecule has 1 spiro atoms. The molecule has 0 amide bonds. The van der Waals surface area contributed by atoms with E-state index in [1.807, 2.05) is 31.2 Å². The molecule has 2 fully saturated rings. The quantitative estimate of drug-likeness (QED) is 0.777. The second-order valence-corrected chi connectivity index (χ2v) is 6.07. The zero-order chi connectivity index (χ0) is 14.0. The Balaban J connectivity index is 1.74. The summed E-state index contributed by atoms with van der Waals surface area (Å²) < 4.78 is 11.4. The number of aryl methyl sites for hydroxylation is 1. The molecule has 0 aromatic heterocycles. The molecule has 1 unspecified atom stereocenters. The van der Waals surface area contributed by atoms with Crippen LogP contribution in [0.2, 0.25) is 0 Å². The molecule has 2 saturated heterocycles. The van der Waals surface area contributed by atoms with Gasteiger partial charge in [-0.15, -0.1) is 0 Å². The van der Waals surface area contributed by atoms with Crippen molar-refractivity contribution in [2.75, 3.05) is 19.8 Å². The van der Waals surface area contributed by atoms with Gasteiger partial charge >= 0.3 is 0 Å². The van der Waals surface area contributed by atoms with Crippen LogP contribution >= 0.6 is 0 Å². The number of rotatable bonds is 2. The van der Waals surface area contributed by atoms with Gasteiger partial charge in [0.05, 0.1) is 5.60 Å². The second-order valence-electron chi connectivity index (χ2n) is 6.07. The van der Waals surface area contributed by atoms with Crippen molar-refractivity contribution in [1.82, 2.24) is 0 Å². The summed E-state index contributed by atoms with van der Waals surface area (Å²) in [7, 11) is 0. The molecule has 20 heavy (non-hydrogen) atoms. The summed E-state index contributed by atoms with van der Waals surface area (Å²) in [5, 5.41) is 0. The van der Waals surface area contributed by atoms with Crippen LogP contribution in [0.4, 0.5) is 0 Å². The van der Waals surface area contributed by atoms with E-state index in [1.54, 1.807) is 0 Å². The second kappa shape index (κ2) is 5.66. The lowest BCUT2D eigenvalue weighted by Gasteiger charge is -2.42. The molecular weight excluding hydrogens is 252 g/mol. The Morgan fingerprint density at radius 1 is 1.25 bits per heavy atom. The summed E-state index contributed by atoms with van der Waals surface area (Å²) in [6, 6.07) is 7.92. The molecule has 108 valence electrons. The highest BCUT2D eigenvalue weighted by atomic mass is 16.5. The highest BCUT2D eigenvalue weighted by Crippen LogP contribution is 2.38. The van der Waals surface area contributed by atoms with Crippen LogP contribution < -0.4 is 0 Å². The van der Waals surface area contributed by atoms with Crippen molar-refractivity contribution in [3.63, 3.8) is 0 Å². The number of benzene rings is 1. The first-order chi connectivity index (χ1) is 9.69. The van der Waals surface area contributed by atoms with E-state index in [1.165, 1.54) is 0 Å². The van der Waals surface area contributed by atoms with E-state index in [2.05, 4.69) is 0 Å². The van der Waals surface area contributed by atoms with Crippen molar-refractivity contribution in [2.45, 2.75) is 38.2 Å². The molecule has 2 aliphatic heterocycles. The van der Waals surface area contributed by atoms with Gasteiger partial charge in [-0.1, -0.05) is 23.8 Å². The molecule has 3 nitrogen and oxygen atoms in total. The highest BCUT2D eigenvalue weighted by Gasteiger charge is 2.41. The molecule has 3 heteroatoms. The van der Waals surface area contributed by atoms with E-state index >= 15 is 0 Å². The van der Waals surface area contributed by atoms with Crippen LogP contribution in [-0.2, 0) is 9.47 Å². The minimum atomic E-state index is -0.110. The summed E-state index contributed by atoms with van der Waals surface area (Å²) in [4.78, 5) is 12.7. The van der Waals surface area contributed by atoms with Crippen molar-refractivity contribution in [3.8, 4) is 0 Å². The first-order valence-corrected chi connectivity index (χ1v) is 7.51. The Bertz CT molecular complexity index is 483. The van der Waals surface area contributed by atoms with Crippen LogP contribution in [0.1, 0.15) is 41.6 Å². The fourth-order valence-corrected chi connectivity index (χ4v) is 3.38. The predicted octanol–water partition coefficient (Wildman–Crippen LogP) is 3.15. The van der Waals surface area contributed by atoms with Gasteiger partial charge in [-0.05, 0) is 38.7 Å². The number of hydrogen-bond donors (Lipinski definition) is 0. The summed E-state index contributed by atoms with van der Waals surface area (Å²) >= 11 is 0. The zero-order valence-electron chi connectivity index (χ0n) is 12.1. The van der Waals surface area contributed by atoms with Gasteiger partial charge in [0.25, 0.3) is 0 Å². The largest absolute Gasteiger partial charge is 0.381 e. The zero-order valence-corrected chi connectivity index (χ0v) is 12.1. The van der Waals surface area contributed by atoms with Crippen LogP contribution in [0.15, 0.2) is 24.3 Å². The summed E-state index contributed by atoms with van der Waals surface area (Å²) in [5.74, 6) is 0.381. The molecule has 0 aliphatic carbocycles. The topological polar surface area (TPSA) is 35.5 Å². The Kier molecular flexibility index (Phi) is 3.90. The van der Waals surface area contributed by atoms with E-state index in [-0.39, 0.29) is 17.3 Å². The lowest BCUT2D eigenvalue weighted by molar-refractivity contribution is -0.142. The summed E-state index contributed by atoms with van der Waals surface area (Å²) in [6.45, 7) is 4.24. The normalized spacial score (nSPS) is 25.6. The monoisotopic (exact) mass is 274 g/mol. The van der Waals surface area contributed by atoms with Crippen LogP contribution in [0.3, 0.4) is 0 Å². The molecule has 0 bridgehead atoms. The van der Waals surface area contributed by atoms with Crippen molar-refractivity contribution in [3.05, 3.63) is 35.4 Å². The molecule has 3 rings (SSSR count). The minimum Gasteiger partial charge on any atom is -0.381 e. The van der Waals surface area contributed by atoms with Crippen molar-refractivity contribution in [1.29, 1.82) is 0 Å². The van der Waals surface area contributed by atoms with E-state index in [0.717, 1.165) is 50.0 Å². The fraction of sp³-hybridized carbons (Fsp3) is 0.588. The van der Waals surface area contributed by atoms with Gasteiger partial charge in [0.2, 0.25) is 0 Å². The van der Waals surface area contributed by atoms with Crippen molar-refractivity contribution in [2.24, 2.45) is 5.92 Å². The maximum absolute atomic E-state index is 12.7. The van der Waals surface area contributed by atoms with E-state index in [0.29, 0.717) is 6.61 Å². The maximum Gasteiger partial charge on any atom is 0.166 e. The molecule has 0 radical (unpaired) electrons. The molecule has 1 aromatic rings. The van der Waals surface area contributed by atoms with Gasteiger partial charge in [0, 0.05) is 31.3 Å². The molecule has 1 atom stereocenters. The number of carbonyl (C=O) groups is 1. The SMILES string of the molecule is Cc1cccc(C(=O)C2CCOC3(CCOCC3)C2)c1. The Morgan fingerprint density at radius 2 is 2.05 bits per heavy atom. The third-order valence-electron chi connectivity index (χ3n) is 4.57. The Labute approximate surface area is 120 Å². The van der Waals surface area contributed by atoms with Crippen molar-refractivity contribution < 1.29 is 14.3 Å². The van der Waals surface area contributed by atoms with Crippen molar-refractivity contribution >= 4 is 5.78 Å². The summed E-state index contributed by atoms with van der Waals surface area (Å²) in [5.41, 5.74) is 1.88. The highest BCUT2D eigenvalue weighted by molar-refractivity contribution is 5.98. The standard InChI is InChI=1S/C17H22O3/c1-13-3-2-4-14(11-13)16(18)15-5-8-20-17(12-15)6-9-19-10-7-17/h2-4,11,15H,5-10,12H2,1H3. The summed E-state index contributed by atoms with van der Waals surface area (Å²) in [6.07, 6.45) is 3.54. The number of Topliss-reactive ketones (excluding diaryl/α,β-unsaturated/α-hetero) is 1. The minimum absolute atomic E-state index is 0.101. The van der Waals surface area contributed by atoms with Gasteiger partial charge in [-0.25, -0.2) is 0 Å². The molecule has 1 aromatic carbocycles. The van der Waals surface area contributed by atoms with Gasteiger partial charge in [-0.3, -0.25) is 4.79 Å². The number of ketones is 1. The maximum atomic E-state index is 12.7. The van der Waals surface area contributed by atoms with Gasteiger partial charge in [0.1, 0.15) is 0 Å². The van der Waals surface area contributed by atoms with E-state index in [4.69, 9.17) is 9.47 Å². The molecule has 2 heterocycles. The average Bonchev–Trinajstić information content (AvgIpc) is 2.47. The fourth-order valence-electron chi connectivity index (χ4n) is 3.38. The number of carbonyl (C=O) groups excluding carboxylic acids is 1. The van der Waals surface area contributed by atoms with Gasteiger partial charge < -0.3 is 9.47 Å². The Morgan fingerprint density at radius 3 is 2.80 bits per heavy atom. The third kappa shape index (κ3) is 2.79. The number of hydrogen-bond acceptors (Lipinski definition) is 3. The molecule has 0 saturated carbocycles.